The molecule has 0 unspecified atom stereocenters. The van der Waals surface area contributed by atoms with E-state index >= 15 is 0 Å². The molecule has 18 heavy (non-hydrogen) atoms. The molecule has 1 aliphatic rings. The Morgan fingerprint density at radius 1 is 0.778 bits per heavy atom. The normalized spacial score (nSPS) is 14.1. The van der Waals surface area contributed by atoms with Crippen LogP contribution in [0.1, 0.15) is 5.56 Å². The summed E-state index contributed by atoms with van der Waals surface area (Å²) >= 11 is 0. The number of carbonyl (C=O) groups excluding carboxylic acids is 2. The van der Waals surface area contributed by atoms with Gasteiger partial charge in [0.25, 0.3) is 5.78 Å². The lowest BCUT2D eigenvalue weighted by Crippen LogP contribution is -2.37. The quantitative estimate of drug-likeness (QED) is 0.680. The molecule has 3 nitrogen and oxygen atoms in total. The molecule has 2 aromatic rings. The molecule has 0 fully saturated rings. The van der Waals surface area contributed by atoms with Crippen molar-refractivity contribution in [2.75, 3.05) is 0 Å². The molecule has 1 amide bonds. The van der Waals surface area contributed by atoms with Gasteiger partial charge >= 0.3 is 5.91 Å². The summed E-state index contributed by atoms with van der Waals surface area (Å²) in [4.78, 5) is 27.4. The summed E-state index contributed by atoms with van der Waals surface area (Å²) in [5, 5.41) is 1.27. The molecular formula is C15H9NO2. The van der Waals surface area contributed by atoms with Gasteiger partial charge in [-0.3, -0.25) is 9.59 Å². The Hall–Kier alpha value is -2.55. The zero-order valence-electron chi connectivity index (χ0n) is 9.46. The summed E-state index contributed by atoms with van der Waals surface area (Å²) < 4.78 is 0. The fraction of sp³-hybridized carbons (Fsp3) is 0. The van der Waals surface area contributed by atoms with Crippen LogP contribution in [0.3, 0.4) is 0 Å². The van der Waals surface area contributed by atoms with Gasteiger partial charge < -0.3 is 0 Å². The van der Waals surface area contributed by atoms with Gasteiger partial charge in [0.2, 0.25) is 0 Å². The Bertz CT molecular complexity index is 761. The first-order valence-corrected chi connectivity index (χ1v) is 5.59. The van der Waals surface area contributed by atoms with E-state index in [1.54, 1.807) is 12.1 Å². The van der Waals surface area contributed by atoms with Crippen LogP contribution >= 0.6 is 0 Å². The molecule has 0 saturated heterocycles. The Balaban J connectivity index is 2.45. The molecule has 0 aromatic heterocycles. The fourth-order valence-corrected chi connectivity index (χ4v) is 2.06. The molecule has 0 spiro atoms. The molecule has 3 rings (SSSR count). The van der Waals surface area contributed by atoms with Crippen molar-refractivity contribution in [3.63, 3.8) is 0 Å². The van der Waals surface area contributed by atoms with Crippen LogP contribution in [0, 0.1) is 0 Å². The third kappa shape index (κ3) is 1.57. The van der Waals surface area contributed by atoms with E-state index in [4.69, 9.17) is 0 Å². The van der Waals surface area contributed by atoms with E-state index in [2.05, 4.69) is 4.99 Å². The molecule has 1 heterocycles. The highest BCUT2D eigenvalue weighted by Crippen LogP contribution is 2.13. The van der Waals surface area contributed by atoms with Gasteiger partial charge in [0.1, 0.15) is 0 Å². The zero-order valence-corrected chi connectivity index (χ0v) is 9.46. The summed E-state index contributed by atoms with van der Waals surface area (Å²) in [6.45, 7) is 0. The van der Waals surface area contributed by atoms with Crippen molar-refractivity contribution in [3.8, 4) is 0 Å². The van der Waals surface area contributed by atoms with Crippen LogP contribution in [0.5, 0.6) is 0 Å². The van der Waals surface area contributed by atoms with Crippen LogP contribution in [0.4, 0.5) is 0 Å². The van der Waals surface area contributed by atoms with E-state index in [0.29, 0.717) is 16.1 Å². The summed E-state index contributed by atoms with van der Waals surface area (Å²) in [5.74, 6) is -1.24. The first-order chi connectivity index (χ1) is 8.77. The number of benzene rings is 2. The maximum Gasteiger partial charge on any atom is 0.318 e. The number of nitrogens with zero attached hydrogens (tertiary/aromatic N) is 1. The van der Waals surface area contributed by atoms with Gasteiger partial charge in [0, 0.05) is 10.8 Å². The Morgan fingerprint density at radius 3 is 2.22 bits per heavy atom. The lowest BCUT2D eigenvalue weighted by atomic mass is 9.96. The number of rotatable bonds is 1. The van der Waals surface area contributed by atoms with Crippen molar-refractivity contribution >= 4 is 17.3 Å². The molecular weight excluding hydrogens is 226 g/mol. The van der Waals surface area contributed by atoms with Crippen molar-refractivity contribution in [1.29, 1.82) is 0 Å². The lowest BCUT2D eigenvalue weighted by Gasteiger charge is -2.08. The van der Waals surface area contributed by atoms with E-state index in [1.807, 2.05) is 42.5 Å². The maximum absolute atomic E-state index is 12.0. The average Bonchev–Trinajstić information content (AvgIpc) is 2.41. The Morgan fingerprint density at radius 2 is 1.44 bits per heavy atom. The number of amides is 1. The number of fused-ring (bicyclic) bond motifs is 1. The molecule has 2 aromatic carbocycles. The molecule has 86 valence electrons. The molecule has 0 radical (unpaired) electrons. The smallest absolute Gasteiger partial charge is 0.283 e. The van der Waals surface area contributed by atoms with E-state index in [-0.39, 0.29) is 0 Å². The SMILES string of the molecule is O=C1N=c2ccccc2=C(c2ccccc2)C1=O. The second-order valence-corrected chi connectivity index (χ2v) is 4.00. The maximum atomic E-state index is 12.0. The molecule has 1 aliphatic heterocycles. The predicted molar refractivity (Wildman–Crippen MR) is 66.2 cm³/mol. The van der Waals surface area contributed by atoms with E-state index < -0.39 is 11.7 Å². The average molecular weight is 235 g/mol. The van der Waals surface area contributed by atoms with Crippen molar-refractivity contribution in [2.24, 2.45) is 4.99 Å². The summed E-state index contributed by atoms with van der Waals surface area (Å²) in [7, 11) is 0. The van der Waals surface area contributed by atoms with Gasteiger partial charge in [-0.1, -0.05) is 48.5 Å². The number of hydrogen-bond donors (Lipinski definition) is 0. The third-order valence-electron chi connectivity index (χ3n) is 2.88. The first kappa shape index (κ1) is 10.6. The second-order valence-electron chi connectivity index (χ2n) is 4.00. The van der Waals surface area contributed by atoms with Gasteiger partial charge in [-0.2, -0.15) is 0 Å². The van der Waals surface area contributed by atoms with Crippen molar-refractivity contribution < 1.29 is 9.59 Å². The highest BCUT2D eigenvalue weighted by atomic mass is 16.2. The summed E-state index contributed by atoms with van der Waals surface area (Å²) in [6.07, 6.45) is 0. The molecule has 0 saturated carbocycles. The van der Waals surface area contributed by atoms with Crippen LogP contribution in [-0.2, 0) is 9.59 Å². The highest BCUT2D eigenvalue weighted by Gasteiger charge is 2.23. The fourth-order valence-electron chi connectivity index (χ4n) is 2.06. The van der Waals surface area contributed by atoms with Crippen molar-refractivity contribution in [2.45, 2.75) is 0 Å². The summed E-state index contributed by atoms with van der Waals surface area (Å²) in [5.41, 5.74) is 1.18. The Kier molecular flexibility index (Phi) is 2.38. The van der Waals surface area contributed by atoms with Gasteiger partial charge in [-0.05, 0) is 11.6 Å². The summed E-state index contributed by atoms with van der Waals surface area (Å²) in [6, 6.07) is 16.4. The minimum absolute atomic E-state index is 0.436. The monoisotopic (exact) mass is 235 g/mol. The molecule has 0 atom stereocenters. The number of ketones is 1. The molecule has 0 N–H and O–H groups in total. The molecule has 0 aliphatic carbocycles. The minimum atomic E-state index is -0.701. The van der Waals surface area contributed by atoms with Gasteiger partial charge in [-0.15, -0.1) is 0 Å². The standard InChI is InChI=1S/C15H9NO2/c17-14-13(10-6-2-1-3-7-10)11-8-4-5-9-12(11)16-15(14)18/h1-9H. The number of carbonyl (C=O) groups is 2. The van der Waals surface area contributed by atoms with Crippen LogP contribution in [-0.4, -0.2) is 11.7 Å². The first-order valence-electron chi connectivity index (χ1n) is 5.59. The number of hydrogen-bond acceptors (Lipinski definition) is 2. The minimum Gasteiger partial charge on any atom is -0.283 e. The third-order valence-corrected chi connectivity index (χ3v) is 2.88. The molecule has 3 heteroatoms. The number of para-hydroxylation sites is 1. The molecule has 0 bridgehead atoms. The second kappa shape index (κ2) is 4.04. The van der Waals surface area contributed by atoms with Crippen LogP contribution in [0.15, 0.2) is 59.6 Å². The van der Waals surface area contributed by atoms with Crippen LogP contribution < -0.4 is 10.6 Å². The Labute approximate surface area is 103 Å². The lowest BCUT2D eigenvalue weighted by molar-refractivity contribution is -0.132. The largest absolute Gasteiger partial charge is 0.318 e. The van der Waals surface area contributed by atoms with Gasteiger partial charge in [-0.25, -0.2) is 4.99 Å². The van der Waals surface area contributed by atoms with Crippen LogP contribution in [0.25, 0.3) is 5.57 Å². The van der Waals surface area contributed by atoms with E-state index in [0.717, 1.165) is 5.56 Å². The van der Waals surface area contributed by atoms with Crippen molar-refractivity contribution in [3.05, 3.63) is 70.7 Å². The van der Waals surface area contributed by atoms with Gasteiger partial charge in [0.15, 0.2) is 0 Å². The van der Waals surface area contributed by atoms with Crippen LogP contribution in [0.2, 0.25) is 0 Å². The zero-order chi connectivity index (χ0) is 12.5. The predicted octanol–water partition coefficient (Wildman–Crippen LogP) is 0.615. The topological polar surface area (TPSA) is 46.5 Å². The number of Topliss-reactive ketones (excluding diaryl/α,β-unsaturated/α-hetero) is 1. The van der Waals surface area contributed by atoms with E-state index in [1.165, 1.54) is 0 Å². The van der Waals surface area contributed by atoms with Gasteiger partial charge in [0.05, 0.1) is 5.36 Å². The van der Waals surface area contributed by atoms with Crippen molar-refractivity contribution in [1.82, 2.24) is 0 Å². The highest BCUT2D eigenvalue weighted by molar-refractivity contribution is 6.53. The van der Waals surface area contributed by atoms with E-state index in [9.17, 15) is 9.59 Å².